The van der Waals surface area contributed by atoms with E-state index in [2.05, 4.69) is 11.4 Å². The zero-order chi connectivity index (χ0) is 12.8. The van der Waals surface area contributed by atoms with Gasteiger partial charge in [0.1, 0.15) is 5.82 Å². The summed E-state index contributed by atoms with van der Waals surface area (Å²) < 4.78 is 13.7. The summed E-state index contributed by atoms with van der Waals surface area (Å²) in [7, 11) is 0. The average molecular weight is 260 g/mol. The molecule has 0 atom stereocenters. The Labute approximate surface area is 110 Å². The molecule has 2 aromatic rings. The van der Waals surface area contributed by atoms with Gasteiger partial charge in [-0.05, 0) is 29.1 Å². The molecule has 0 aliphatic heterocycles. The maximum absolute atomic E-state index is 13.7. The van der Waals surface area contributed by atoms with E-state index < -0.39 is 0 Å². The van der Waals surface area contributed by atoms with E-state index in [1.165, 1.54) is 17.4 Å². The van der Waals surface area contributed by atoms with Gasteiger partial charge in [-0.1, -0.05) is 12.1 Å². The summed E-state index contributed by atoms with van der Waals surface area (Å²) in [4.78, 5) is 0.936. The van der Waals surface area contributed by atoms with Crippen LogP contribution >= 0.6 is 11.3 Å². The molecule has 4 heteroatoms. The molecule has 0 saturated heterocycles. The summed E-state index contributed by atoms with van der Waals surface area (Å²) >= 11 is 1.53. The first kappa shape index (κ1) is 12.7. The number of halogens is 1. The summed E-state index contributed by atoms with van der Waals surface area (Å²) in [6.45, 7) is 1.31. The predicted octanol–water partition coefficient (Wildman–Crippen LogP) is 3.56. The minimum absolute atomic E-state index is 0.196. The Morgan fingerprint density at radius 1 is 1.33 bits per heavy atom. The maximum atomic E-state index is 13.7. The van der Waals surface area contributed by atoms with Crippen molar-refractivity contribution in [3.05, 3.63) is 47.1 Å². The third kappa shape index (κ3) is 3.16. The van der Waals surface area contributed by atoms with Crippen molar-refractivity contribution < 1.29 is 4.39 Å². The molecule has 0 unspecified atom stereocenters. The number of rotatable bonds is 5. The van der Waals surface area contributed by atoms with Crippen LogP contribution in [0.2, 0.25) is 0 Å². The quantitative estimate of drug-likeness (QED) is 0.834. The molecule has 0 saturated carbocycles. The lowest BCUT2D eigenvalue weighted by Crippen LogP contribution is -2.14. The summed E-state index contributed by atoms with van der Waals surface area (Å²) in [6.07, 6.45) is 0.485. The second-order valence-corrected chi connectivity index (χ2v) is 4.82. The van der Waals surface area contributed by atoms with E-state index >= 15 is 0 Å². The van der Waals surface area contributed by atoms with E-state index in [0.29, 0.717) is 25.1 Å². The lowest BCUT2D eigenvalue weighted by molar-refractivity contribution is 0.629. The Bertz CT molecular complexity index is 543. The Morgan fingerprint density at radius 2 is 2.22 bits per heavy atom. The number of benzene rings is 1. The van der Waals surface area contributed by atoms with Crippen molar-refractivity contribution in [2.24, 2.45) is 0 Å². The molecule has 0 fully saturated rings. The molecular weight excluding hydrogens is 247 g/mol. The lowest BCUT2D eigenvalue weighted by Gasteiger charge is -2.06. The van der Waals surface area contributed by atoms with E-state index in [1.807, 2.05) is 23.6 Å². The van der Waals surface area contributed by atoms with Crippen LogP contribution in [0.1, 0.15) is 12.0 Å². The first-order valence-corrected chi connectivity index (χ1v) is 6.59. The molecule has 0 amide bonds. The highest BCUT2D eigenvalue weighted by atomic mass is 32.1. The lowest BCUT2D eigenvalue weighted by atomic mass is 10.1. The van der Waals surface area contributed by atoms with Crippen LogP contribution in [0, 0.1) is 17.1 Å². The van der Waals surface area contributed by atoms with Crippen molar-refractivity contribution in [2.75, 3.05) is 6.54 Å². The Hall–Kier alpha value is -1.70. The number of nitriles is 1. The van der Waals surface area contributed by atoms with Gasteiger partial charge in [-0.15, -0.1) is 11.3 Å². The molecule has 1 aromatic heterocycles. The highest BCUT2D eigenvalue weighted by Crippen LogP contribution is 2.28. The van der Waals surface area contributed by atoms with Gasteiger partial charge in [0, 0.05) is 30.0 Å². The largest absolute Gasteiger partial charge is 0.312 e. The van der Waals surface area contributed by atoms with Gasteiger partial charge in [-0.2, -0.15) is 5.26 Å². The maximum Gasteiger partial charge on any atom is 0.131 e. The van der Waals surface area contributed by atoms with Crippen LogP contribution < -0.4 is 5.32 Å². The minimum atomic E-state index is -0.196. The van der Waals surface area contributed by atoms with Crippen LogP contribution in [-0.2, 0) is 6.54 Å². The zero-order valence-electron chi connectivity index (χ0n) is 9.82. The van der Waals surface area contributed by atoms with Crippen LogP contribution in [0.3, 0.4) is 0 Å². The number of nitrogens with one attached hydrogen (secondary N) is 1. The van der Waals surface area contributed by atoms with Gasteiger partial charge in [-0.3, -0.25) is 0 Å². The molecule has 0 radical (unpaired) electrons. The Balaban J connectivity index is 2.10. The first-order valence-electron chi connectivity index (χ1n) is 5.71. The van der Waals surface area contributed by atoms with Crippen molar-refractivity contribution in [2.45, 2.75) is 13.0 Å². The smallest absolute Gasteiger partial charge is 0.131 e. The zero-order valence-corrected chi connectivity index (χ0v) is 10.6. The third-order valence-corrected chi connectivity index (χ3v) is 3.46. The summed E-state index contributed by atoms with van der Waals surface area (Å²) in [6, 6.07) is 11.0. The van der Waals surface area contributed by atoms with Crippen LogP contribution in [0.5, 0.6) is 0 Å². The first-order chi connectivity index (χ1) is 8.81. The van der Waals surface area contributed by atoms with Crippen LogP contribution in [0.4, 0.5) is 4.39 Å². The van der Waals surface area contributed by atoms with Gasteiger partial charge >= 0.3 is 0 Å². The van der Waals surface area contributed by atoms with E-state index in [0.717, 1.165) is 10.4 Å². The summed E-state index contributed by atoms with van der Waals surface area (Å²) in [5.41, 5.74) is 1.67. The van der Waals surface area contributed by atoms with E-state index in [1.54, 1.807) is 6.07 Å². The molecule has 1 aromatic carbocycles. The molecular formula is C14H13FN2S. The molecule has 0 aliphatic carbocycles. The van der Waals surface area contributed by atoms with Crippen molar-refractivity contribution >= 4 is 11.3 Å². The van der Waals surface area contributed by atoms with E-state index in [4.69, 9.17) is 5.26 Å². The molecule has 1 heterocycles. The van der Waals surface area contributed by atoms with Crippen molar-refractivity contribution in [3.63, 3.8) is 0 Å². The fraction of sp³-hybridized carbons (Fsp3) is 0.214. The summed E-state index contributed by atoms with van der Waals surface area (Å²) in [5.74, 6) is -0.196. The van der Waals surface area contributed by atoms with Crippen LogP contribution in [-0.4, -0.2) is 6.54 Å². The van der Waals surface area contributed by atoms with Crippen LogP contribution in [0.15, 0.2) is 35.7 Å². The van der Waals surface area contributed by atoms with Gasteiger partial charge in [-0.25, -0.2) is 4.39 Å². The molecule has 0 aliphatic rings. The standard InChI is InChI=1S/C14H13FN2S/c15-13-5-4-11(10-17-7-2-6-16)9-12(13)14-3-1-8-18-14/h1,3-5,8-9,17H,2,7,10H2. The van der Waals surface area contributed by atoms with E-state index in [-0.39, 0.29) is 5.82 Å². The predicted molar refractivity (Wildman–Crippen MR) is 71.6 cm³/mol. The van der Waals surface area contributed by atoms with Crippen molar-refractivity contribution in [1.29, 1.82) is 5.26 Å². The molecule has 0 bridgehead atoms. The SMILES string of the molecule is N#CCCNCc1ccc(F)c(-c2cccs2)c1. The fourth-order valence-corrected chi connectivity index (χ4v) is 2.42. The monoisotopic (exact) mass is 260 g/mol. The molecule has 0 spiro atoms. The summed E-state index contributed by atoms with van der Waals surface area (Å²) in [5, 5.41) is 13.5. The van der Waals surface area contributed by atoms with Crippen molar-refractivity contribution in [1.82, 2.24) is 5.32 Å². The normalized spacial score (nSPS) is 10.2. The second kappa shape index (κ2) is 6.29. The van der Waals surface area contributed by atoms with Crippen molar-refractivity contribution in [3.8, 4) is 16.5 Å². The van der Waals surface area contributed by atoms with Gasteiger partial charge in [0.25, 0.3) is 0 Å². The highest BCUT2D eigenvalue weighted by Gasteiger charge is 2.06. The number of hydrogen-bond donors (Lipinski definition) is 1. The Kier molecular flexibility index (Phi) is 4.46. The molecule has 1 N–H and O–H groups in total. The van der Waals surface area contributed by atoms with Crippen LogP contribution in [0.25, 0.3) is 10.4 Å². The average Bonchev–Trinajstić information content (AvgIpc) is 2.90. The van der Waals surface area contributed by atoms with E-state index in [9.17, 15) is 4.39 Å². The number of hydrogen-bond acceptors (Lipinski definition) is 3. The highest BCUT2D eigenvalue weighted by molar-refractivity contribution is 7.13. The molecule has 18 heavy (non-hydrogen) atoms. The fourth-order valence-electron chi connectivity index (χ4n) is 1.68. The molecule has 92 valence electrons. The van der Waals surface area contributed by atoms with Gasteiger partial charge < -0.3 is 5.32 Å². The topological polar surface area (TPSA) is 35.8 Å². The molecule has 2 rings (SSSR count). The van der Waals surface area contributed by atoms with Gasteiger partial charge in [0.05, 0.1) is 6.07 Å². The molecule has 2 nitrogen and oxygen atoms in total. The third-order valence-electron chi connectivity index (χ3n) is 2.56. The minimum Gasteiger partial charge on any atom is -0.312 e. The second-order valence-electron chi connectivity index (χ2n) is 3.88. The number of nitrogens with zero attached hydrogens (tertiary/aromatic N) is 1. The number of thiophene rings is 1. The van der Waals surface area contributed by atoms with Gasteiger partial charge in [0.2, 0.25) is 0 Å². The van der Waals surface area contributed by atoms with Gasteiger partial charge in [0.15, 0.2) is 0 Å². The Morgan fingerprint density at radius 3 is 2.94 bits per heavy atom.